The third kappa shape index (κ3) is 5.58. The predicted octanol–water partition coefficient (Wildman–Crippen LogP) is 4.28. The normalized spacial score (nSPS) is 13.5. The lowest BCUT2D eigenvalue weighted by Crippen LogP contribution is -2.36. The fourth-order valence-electron chi connectivity index (χ4n) is 3.89. The molecule has 0 fully saturated rings. The Hall–Kier alpha value is -3.77. The third-order valence-corrected chi connectivity index (χ3v) is 6.84. The van der Waals surface area contributed by atoms with E-state index >= 15 is 0 Å². The van der Waals surface area contributed by atoms with Crippen LogP contribution in [0.25, 0.3) is 0 Å². The zero-order valence-corrected chi connectivity index (χ0v) is 19.7. The first-order valence-electron chi connectivity index (χ1n) is 11.1. The Bertz CT molecular complexity index is 1190. The minimum atomic E-state index is -0.379. The van der Waals surface area contributed by atoms with Crippen LogP contribution in [0.2, 0.25) is 0 Å². The number of nitrogens with zero attached hydrogens (tertiary/aromatic N) is 4. The van der Waals surface area contributed by atoms with Crippen LogP contribution in [-0.2, 0) is 28.9 Å². The molecule has 34 heavy (non-hydrogen) atoms. The van der Waals surface area contributed by atoms with E-state index < -0.39 is 0 Å². The largest absolute Gasteiger partial charge is 0.449 e. The number of carbonyl (C=O) groups is 2. The quantitative estimate of drug-likeness (QED) is 0.546. The number of hydrogen-bond acceptors (Lipinski definition) is 7. The van der Waals surface area contributed by atoms with Crippen molar-refractivity contribution in [1.82, 2.24) is 14.9 Å². The van der Waals surface area contributed by atoms with Crippen molar-refractivity contribution in [3.63, 3.8) is 0 Å². The lowest BCUT2D eigenvalue weighted by atomic mass is 10.0. The second-order valence-electron chi connectivity index (χ2n) is 8.12. The molecule has 1 aliphatic heterocycles. The van der Waals surface area contributed by atoms with Gasteiger partial charge in [-0.25, -0.2) is 4.79 Å². The fourth-order valence-corrected chi connectivity index (χ4v) is 5.12. The van der Waals surface area contributed by atoms with Gasteiger partial charge in [0.25, 0.3) is 0 Å². The van der Waals surface area contributed by atoms with Crippen molar-refractivity contribution in [1.29, 1.82) is 5.26 Å². The zero-order chi connectivity index (χ0) is 23.9. The Labute approximate surface area is 202 Å². The number of nitrogens with one attached hydrogen (secondary N) is 1. The Morgan fingerprint density at radius 3 is 2.91 bits per heavy atom. The summed E-state index contributed by atoms with van der Waals surface area (Å²) in [6.45, 7) is 3.05. The van der Waals surface area contributed by atoms with Crippen LogP contribution in [-0.4, -0.2) is 40.0 Å². The Kier molecular flexibility index (Phi) is 7.50. The minimum Gasteiger partial charge on any atom is -0.449 e. The van der Waals surface area contributed by atoms with Crippen LogP contribution in [0.4, 0.5) is 9.80 Å². The second-order valence-corrected chi connectivity index (χ2v) is 9.23. The summed E-state index contributed by atoms with van der Waals surface area (Å²) >= 11 is 1.35. The molecule has 0 aliphatic carbocycles. The molecule has 8 nitrogen and oxygen atoms in total. The average molecular weight is 476 g/mol. The molecule has 0 saturated carbocycles. The molecule has 9 heteroatoms. The molecule has 174 valence electrons. The van der Waals surface area contributed by atoms with Crippen molar-refractivity contribution in [2.75, 3.05) is 18.5 Å². The number of amides is 2. The Morgan fingerprint density at radius 1 is 1.29 bits per heavy atom. The summed E-state index contributed by atoms with van der Waals surface area (Å²) < 4.78 is 5.44. The summed E-state index contributed by atoms with van der Waals surface area (Å²) in [6, 6.07) is 11.7. The number of thiophene rings is 1. The molecular formula is C25H25N5O3S. The monoisotopic (exact) mass is 475 g/mol. The van der Waals surface area contributed by atoms with E-state index in [0.29, 0.717) is 36.5 Å². The molecule has 0 spiro atoms. The first kappa shape index (κ1) is 23.4. The smallest absolute Gasteiger partial charge is 0.410 e. The van der Waals surface area contributed by atoms with E-state index in [9.17, 15) is 14.9 Å². The van der Waals surface area contributed by atoms with Crippen LogP contribution in [0, 0.1) is 11.3 Å². The van der Waals surface area contributed by atoms with Gasteiger partial charge in [-0.3, -0.25) is 14.8 Å². The maximum atomic E-state index is 12.7. The van der Waals surface area contributed by atoms with E-state index in [1.807, 2.05) is 37.3 Å². The molecular weight excluding hydrogens is 450 g/mol. The van der Waals surface area contributed by atoms with Crippen molar-refractivity contribution in [2.45, 2.75) is 38.6 Å². The van der Waals surface area contributed by atoms with E-state index in [0.717, 1.165) is 21.7 Å². The minimum absolute atomic E-state index is 0.0433. The van der Waals surface area contributed by atoms with Gasteiger partial charge in [0, 0.05) is 54.5 Å². The summed E-state index contributed by atoms with van der Waals surface area (Å²) in [4.78, 5) is 36.1. The van der Waals surface area contributed by atoms with Crippen LogP contribution in [0.15, 0.2) is 48.9 Å². The van der Waals surface area contributed by atoms with Gasteiger partial charge in [0.15, 0.2) is 0 Å². The lowest BCUT2D eigenvalue weighted by molar-refractivity contribution is -0.116. The maximum Gasteiger partial charge on any atom is 0.410 e. The van der Waals surface area contributed by atoms with Crippen LogP contribution in [0.3, 0.4) is 0 Å². The molecule has 4 heterocycles. The van der Waals surface area contributed by atoms with Crippen LogP contribution in [0.5, 0.6) is 0 Å². The number of anilines is 1. The van der Waals surface area contributed by atoms with E-state index in [2.05, 4.69) is 21.4 Å². The number of aromatic nitrogens is 2. The van der Waals surface area contributed by atoms with Gasteiger partial charge in [0.1, 0.15) is 11.1 Å². The van der Waals surface area contributed by atoms with Crippen LogP contribution in [0.1, 0.15) is 46.5 Å². The Morgan fingerprint density at radius 2 is 2.18 bits per heavy atom. The number of carbonyl (C=O) groups excluding carboxylic acids is 2. The molecule has 0 radical (unpaired) electrons. The van der Waals surface area contributed by atoms with Crippen LogP contribution >= 0.6 is 11.3 Å². The summed E-state index contributed by atoms with van der Waals surface area (Å²) in [5.74, 6) is -0.210. The number of nitriles is 1. The number of pyridine rings is 2. The maximum absolute atomic E-state index is 12.7. The highest BCUT2D eigenvalue weighted by Crippen LogP contribution is 2.37. The van der Waals surface area contributed by atoms with E-state index in [1.54, 1.807) is 23.5 Å². The summed E-state index contributed by atoms with van der Waals surface area (Å²) in [5.41, 5.74) is 3.25. The number of hydrogen-bond donors (Lipinski definition) is 1. The van der Waals surface area contributed by atoms with Gasteiger partial charge in [-0.1, -0.05) is 19.1 Å². The van der Waals surface area contributed by atoms with Crippen LogP contribution < -0.4 is 5.32 Å². The fraction of sp³-hybridized carbons (Fsp3) is 0.320. The molecule has 1 N–H and O–H groups in total. The summed E-state index contributed by atoms with van der Waals surface area (Å²) in [7, 11) is 0. The summed E-state index contributed by atoms with van der Waals surface area (Å²) in [6.07, 6.45) is 6.20. The number of fused-ring (bicyclic) bond motifs is 1. The van der Waals surface area contributed by atoms with Gasteiger partial charge in [-0.15, -0.1) is 11.3 Å². The molecule has 0 bridgehead atoms. The van der Waals surface area contributed by atoms with Crippen molar-refractivity contribution in [3.8, 4) is 6.07 Å². The average Bonchev–Trinajstić information content (AvgIpc) is 3.20. The van der Waals surface area contributed by atoms with Gasteiger partial charge in [0.05, 0.1) is 18.7 Å². The standard InChI is InChI=1S/C25H25N5O3S/c1-17(21-6-2-3-10-28-21)13-23(31)29-24-20(14-26)19-7-11-30(16-22(19)34-24)25(32)33-12-8-18-5-4-9-27-15-18/h2-6,9-10,15,17H,7-8,11-13,16H2,1H3,(H,29,31)/t17-/m0/s1. The van der Waals surface area contributed by atoms with Crippen molar-refractivity contribution >= 4 is 28.3 Å². The molecule has 1 atom stereocenters. The molecule has 3 aromatic rings. The van der Waals surface area contributed by atoms with Crippen molar-refractivity contribution < 1.29 is 14.3 Å². The molecule has 1 aliphatic rings. The molecule has 0 unspecified atom stereocenters. The zero-order valence-electron chi connectivity index (χ0n) is 18.9. The van der Waals surface area contributed by atoms with Gasteiger partial charge in [-0.2, -0.15) is 5.26 Å². The molecule has 4 rings (SSSR count). The van der Waals surface area contributed by atoms with Gasteiger partial charge < -0.3 is 15.0 Å². The number of rotatable bonds is 7. The van der Waals surface area contributed by atoms with Gasteiger partial charge >= 0.3 is 6.09 Å². The van der Waals surface area contributed by atoms with Crippen molar-refractivity contribution in [3.05, 3.63) is 76.2 Å². The summed E-state index contributed by atoms with van der Waals surface area (Å²) in [5, 5.41) is 13.2. The highest BCUT2D eigenvalue weighted by atomic mass is 32.1. The lowest BCUT2D eigenvalue weighted by Gasteiger charge is -2.26. The third-order valence-electron chi connectivity index (χ3n) is 5.70. The highest BCUT2D eigenvalue weighted by Gasteiger charge is 2.28. The first-order chi connectivity index (χ1) is 16.5. The topological polar surface area (TPSA) is 108 Å². The molecule has 3 aromatic heterocycles. The predicted molar refractivity (Wildman–Crippen MR) is 128 cm³/mol. The van der Waals surface area contributed by atoms with E-state index in [1.165, 1.54) is 11.3 Å². The highest BCUT2D eigenvalue weighted by molar-refractivity contribution is 7.16. The van der Waals surface area contributed by atoms with Gasteiger partial charge in [0.2, 0.25) is 5.91 Å². The van der Waals surface area contributed by atoms with Crippen molar-refractivity contribution in [2.24, 2.45) is 0 Å². The second kappa shape index (κ2) is 10.9. The first-order valence-corrected chi connectivity index (χ1v) is 11.9. The SMILES string of the molecule is C[C@@H](CC(=O)Nc1sc2c(c1C#N)CCN(C(=O)OCCc1cccnc1)C2)c1ccccn1. The Balaban J connectivity index is 1.35. The molecule has 2 amide bonds. The van der Waals surface area contributed by atoms with E-state index in [4.69, 9.17) is 4.74 Å². The molecule has 0 saturated heterocycles. The van der Waals surface area contributed by atoms with E-state index in [-0.39, 0.29) is 30.9 Å². The molecule has 0 aromatic carbocycles. The number of ether oxygens (including phenoxy) is 1. The van der Waals surface area contributed by atoms with Gasteiger partial charge in [-0.05, 0) is 35.7 Å².